The summed E-state index contributed by atoms with van der Waals surface area (Å²) in [4.78, 5) is 7.93. The van der Waals surface area contributed by atoms with Crippen molar-refractivity contribution in [3.8, 4) is 22.6 Å². The first kappa shape index (κ1) is 24.8. The van der Waals surface area contributed by atoms with E-state index in [0.29, 0.717) is 42.1 Å². The Labute approximate surface area is 218 Å². The summed E-state index contributed by atoms with van der Waals surface area (Å²) in [7, 11) is 1.93. The lowest BCUT2D eigenvalue weighted by atomic mass is 9.95. The number of anilines is 1. The highest BCUT2D eigenvalue weighted by atomic mass is 32.2. The Morgan fingerprint density at radius 1 is 1.22 bits per heavy atom. The van der Waals surface area contributed by atoms with Crippen LogP contribution in [0.5, 0.6) is 11.5 Å². The summed E-state index contributed by atoms with van der Waals surface area (Å²) in [5.41, 5.74) is 11.5. The molecule has 37 heavy (non-hydrogen) atoms. The standard InChI is InChI=1S/C27H27FN6O2S/c1-3-16-12-25(35)21(28)13-20(16)17-9-10-19(22(29)11-17)26(30)27-31-23-14-34(15-24(23)32-27)33(2)37-36-18-7-5-4-6-8-18/h4-13,30,35H,3,14-15,29H2,1-2H3,(H,31,32). The topological polar surface area (TPSA) is 114 Å². The van der Waals surface area contributed by atoms with Crippen molar-refractivity contribution in [3.63, 3.8) is 0 Å². The molecule has 10 heteroatoms. The lowest BCUT2D eigenvalue weighted by Gasteiger charge is -2.24. The Balaban J connectivity index is 1.28. The predicted octanol–water partition coefficient (Wildman–Crippen LogP) is 5.29. The van der Waals surface area contributed by atoms with Crippen LogP contribution in [0, 0.1) is 11.2 Å². The minimum atomic E-state index is -0.683. The fourth-order valence-corrected chi connectivity index (χ4v) is 4.82. The second-order valence-corrected chi connectivity index (χ2v) is 9.60. The third kappa shape index (κ3) is 5.04. The van der Waals surface area contributed by atoms with Gasteiger partial charge in [-0.05, 0) is 53.4 Å². The summed E-state index contributed by atoms with van der Waals surface area (Å²) in [6, 6.07) is 17.6. The van der Waals surface area contributed by atoms with Gasteiger partial charge < -0.3 is 20.0 Å². The van der Waals surface area contributed by atoms with E-state index >= 15 is 0 Å². The molecule has 5 rings (SSSR count). The maximum atomic E-state index is 14.0. The van der Waals surface area contributed by atoms with Crippen molar-refractivity contribution >= 4 is 23.6 Å². The normalized spacial score (nSPS) is 13.2. The number of aromatic amines is 1. The van der Waals surface area contributed by atoms with Crippen molar-refractivity contribution in [3.05, 3.63) is 94.8 Å². The molecule has 0 bridgehead atoms. The number of benzene rings is 3. The van der Waals surface area contributed by atoms with Crippen LogP contribution in [0.25, 0.3) is 11.1 Å². The van der Waals surface area contributed by atoms with Crippen LogP contribution in [0.1, 0.15) is 35.3 Å². The van der Waals surface area contributed by atoms with Crippen molar-refractivity contribution in [2.45, 2.75) is 26.4 Å². The average Bonchev–Trinajstić information content (AvgIpc) is 3.49. The van der Waals surface area contributed by atoms with Gasteiger partial charge in [0, 0.05) is 18.3 Å². The molecule has 0 saturated carbocycles. The fourth-order valence-electron chi connectivity index (χ4n) is 4.31. The zero-order valence-electron chi connectivity index (χ0n) is 20.5. The van der Waals surface area contributed by atoms with E-state index in [1.165, 1.54) is 24.4 Å². The van der Waals surface area contributed by atoms with E-state index in [0.717, 1.165) is 28.3 Å². The number of para-hydroxylation sites is 1. The fraction of sp³-hybridized carbons (Fsp3) is 0.185. The molecule has 0 aliphatic carbocycles. The van der Waals surface area contributed by atoms with Gasteiger partial charge in [0.1, 0.15) is 11.5 Å². The number of rotatable bonds is 8. The SMILES string of the molecule is CCc1cc(O)c(F)cc1-c1ccc(C(=N)c2nc3c([nH]2)CN(N(C)SOc2ccccc2)C3)c(N)c1. The summed E-state index contributed by atoms with van der Waals surface area (Å²) >= 11 is 1.24. The monoisotopic (exact) mass is 518 g/mol. The quantitative estimate of drug-likeness (QED) is 0.108. The van der Waals surface area contributed by atoms with Crippen molar-refractivity contribution in [2.75, 3.05) is 12.8 Å². The minimum Gasteiger partial charge on any atom is -0.505 e. The second kappa shape index (κ2) is 10.3. The van der Waals surface area contributed by atoms with Gasteiger partial charge in [0.15, 0.2) is 29.6 Å². The van der Waals surface area contributed by atoms with Crippen LogP contribution < -0.4 is 9.92 Å². The van der Waals surface area contributed by atoms with E-state index in [4.69, 9.17) is 15.3 Å². The van der Waals surface area contributed by atoms with Gasteiger partial charge in [-0.15, -0.1) is 0 Å². The summed E-state index contributed by atoms with van der Waals surface area (Å²) in [5.74, 6) is 0.170. The zero-order chi connectivity index (χ0) is 26.1. The molecule has 3 aromatic carbocycles. The third-order valence-electron chi connectivity index (χ3n) is 6.34. The van der Waals surface area contributed by atoms with E-state index in [-0.39, 0.29) is 11.5 Å². The van der Waals surface area contributed by atoms with Gasteiger partial charge in [-0.2, -0.15) is 4.41 Å². The maximum Gasteiger partial charge on any atom is 0.165 e. The van der Waals surface area contributed by atoms with Crippen LogP contribution >= 0.6 is 12.2 Å². The summed E-state index contributed by atoms with van der Waals surface area (Å²) < 4.78 is 21.7. The van der Waals surface area contributed by atoms with Gasteiger partial charge >= 0.3 is 0 Å². The molecule has 190 valence electrons. The smallest absolute Gasteiger partial charge is 0.165 e. The first-order valence-electron chi connectivity index (χ1n) is 11.8. The second-order valence-electron chi connectivity index (χ2n) is 8.76. The highest BCUT2D eigenvalue weighted by molar-refractivity contribution is 7.92. The molecule has 0 spiro atoms. The number of hydrogen-bond acceptors (Lipinski definition) is 8. The number of nitrogens with two attached hydrogens (primary N) is 1. The Morgan fingerprint density at radius 2 is 2.00 bits per heavy atom. The Hall–Kier alpha value is -3.86. The Bertz CT molecular complexity index is 1440. The highest BCUT2D eigenvalue weighted by Gasteiger charge is 2.28. The van der Waals surface area contributed by atoms with E-state index in [1.54, 1.807) is 12.1 Å². The molecule has 4 aromatic rings. The highest BCUT2D eigenvalue weighted by Crippen LogP contribution is 2.33. The number of aromatic hydroxyl groups is 1. The molecule has 0 fully saturated rings. The number of fused-ring (bicyclic) bond motifs is 1. The number of H-pyrrole nitrogens is 1. The number of aryl methyl sites for hydroxylation is 1. The van der Waals surface area contributed by atoms with Crippen LogP contribution in [-0.4, -0.2) is 37.3 Å². The number of hydrazine groups is 1. The molecule has 0 saturated heterocycles. The average molecular weight is 519 g/mol. The number of phenolic OH excluding ortho intramolecular Hbond substituents is 1. The summed E-state index contributed by atoms with van der Waals surface area (Å²) in [6.45, 7) is 3.13. The van der Waals surface area contributed by atoms with Crippen LogP contribution in [0.3, 0.4) is 0 Å². The molecule has 5 N–H and O–H groups in total. The number of nitrogens with one attached hydrogen (secondary N) is 2. The van der Waals surface area contributed by atoms with Gasteiger partial charge in [0.25, 0.3) is 0 Å². The maximum absolute atomic E-state index is 14.0. The number of halogens is 1. The molecule has 0 amide bonds. The third-order valence-corrected chi connectivity index (χ3v) is 7.06. The van der Waals surface area contributed by atoms with E-state index < -0.39 is 5.82 Å². The van der Waals surface area contributed by atoms with Crippen molar-refractivity contribution in [1.29, 1.82) is 5.41 Å². The number of imidazole rings is 1. The number of nitrogens with zero attached hydrogens (tertiary/aromatic N) is 3. The Kier molecular flexibility index (Phi) is 6.88. The zero-order valence-corrected chi connectivity index (χ0v) is 21.3. The number of nitrogen functional groups attached to an aromatic ring is 1. The van der Waals surface area contributed by atoms with E-state index in [9.17, 15) is 9.50 Å². The van der Waals surface area contributed by atoms with Crippen molar-refractivity contribution in [1.82, 2.24) is 19.4 Å². The number of aromatic nitrogens is 2. The molecule has 1 aliphatic heterocycles. The van der Waals surface area contributed by atoms with Crippen molar-refractivity contribution < 1.29 is 13.7 Å². The predicted molar refractivity (Wildman–Crippen MR) is 143 cm³/mol. The van der Waals surface area contributed by atoms with Gasteiger partial charge in [0.05, 0.1) is 24.5 Å². The molecule has 0 atom stereocenters. The molecule has 2 heterocycles. The van der Waals surface area contributed by atoms with E-state index in [1.807, 2.05) is 54.8 Å². The largest absolute Gasteiger partial charge is 0.505 e. The van der Waals surface area contributed by atoms with Gasteiger partial charge in [-0.1, -0.05) is 37.3 Å². The molecular formula is C27H27FN6O2S. The lowest BCUT2D eigenvalue weighted by Crippen LogP contribution is -2.31. The minimum absolute atomic E-state index is 0.188. The van der Waals surface area contributed by atoms with Crippen molar-refractivity contribution in [2.24, 2.45) is 0 Å². The van der Waals surface area contributed by atoms with Gasteiger partial charge in [-0.25, -0.2) is 14.4 Å². The van der Waals surface area contributed by atoms with Crippen LogP contribution in [0.2, 0.25) is 0 Å². The lowest BCUT2D eigenvalue weighted by molar-refractivity contribution is 0.0863. The molecule has 1 aromatic heterocycles. The molecule has 0 unspecified atom stereocenters. The first-order valence-corrected chi connectivity index (χ1v) is 12.5. The first-order chi connectivity index (χ1) is 17.8. The molecular weight excluding hydrogens is 491 g/mol. The summed E-state index contributed by atoms with van der Waals surface area (Å²) in [6.07, 6.45) is 0.627. The summed E-state index contributed by atoms with van der Waals surface area (Å²) in [5, 5.41) is 20.5. The number of phenols is 1. The van der Waals surface area contributed by atoms with Crippen LogP contribution in [0.15, 0.2) is 60.7 Å². The van der Waals surface area contributed by atoms with Crippen LogP contribution in [-0.2, 0) is 19.5 Å². The van der Waals surface area contributed by atoms with Crippen LogP contribution in [0.4, 0.5) is 10.1 Å². The van der Waals surface area contributed by atoms with Gasteiger partial charge in [-0.3, -0.25) is 5.41 Å². The van der Waals surface area contributed by atoms with E-state index in [2.05, 4.69) is 15.0 Å². The molecule has 8 nitrogen and oxygen atoms in total. The molecule has 1 aliphatic rings. The van der Waals surface area contributed by atoms with Gasteiger partial charge in [0.2, 0.25) is 0 Å². The molecule has 0 radical (unpaired) electrons. The number of hydrogen-bond donors (Lipinski definition) is 4. The Morgan fingerprint density at radius 3 is 2.70 bits per heavy atom.